The molecule has 1 fully saturated rings. The molecule has 0 unspecified atom stereocenters. The largest absolute Gasteiger partial charge is 0.341 e. The summed E-state index contributed by atoms with van der Waals surface area (Å²) in [4.78, 5) is 31.2. The van der Waals surface area contributed by atoms with Gasteiger partial charge in [0.25, 0.3) is 11.7 Å². The summed E-state index contributed by atoms with van der Waals surface area (Å²) in [5, 5.41) is 2.93. The van der Waals surface area contributed by atoms with Gasteiger partial charge in [0.2, 0.25) is 0 Å². The zero-order valence-corrected chi connectivity index (χ0v) is 15.8. The molecule has 142 valence electrons. The third kappa shape index (κ3) is 5.62. The molecule has 3 N–H and O–H groups in total. The summed E-state index contributed by atoms with van der Waals surface area (Å²) in [5.74, 6) is 1.05. The highest BCUT2D eigenvalue weighted by atomic mass is 16.2. The van der Waals surface area contributed by atoms with Crippen LogP contribution < -0.4 is 20.1 Å². The summed E-state index contributed by atoms with van der Waals surface area (Å²) >= 11 is 0. The number of Topliss-reactive ketones (excluding diaryl/α,β-unsaturated/α-hetero) is 1. The van der Waals surface area contributed by atoms with Gasteiger partial charge >= 0.3 is 0 Å². The first-order chi connectivity index (χ1) is 13.1. The van der Waals surface area contributed by atoms with Crippen molar-refractivity contribution in [2.75, 3.05) is 37.6 Å². The van der Waals surface area contributed by atoms with Crippen LogP contribution in [0.5, 0.6) is 0 Å². The van der Waals surface area contributed by atoms with E-state index in [9.17, 15) is 9.59 Å². The van der Waals surface area contributed by atoms with Gasteiger partial charge in [-0.15, -0.1) is 0 Å². The summed E-state index contributed by atoms with van der Waals surface area (Å²) in [6.07, 6.45) is 2.46. The van der Waals surface area contributed by atoms with E-state index in [1.54, 1.807) is 0 Å². The van der Waals surface area contributed by atoms with E-state index in [-0.39, 0.29) is 11.7 Å². The molecule has 6 heteroatoms. The molecule has 1 aromatic carbocycles. The van der Waals surface area contributed by atoms with E-state index in [1.165, 1.54) is 11.8 Å². The van der Waals surface area contributed by atoms with Crippen LogP contribution in [-0.2, 0) is 16.0 Å². The molecule has 0 saturated carbocycles. The van der Waals surface area contributed by atoms with E-state index in [4.69, 9.17) is 0 Å². The number of hydrogen-bond donors (Lipinski definition) is 2. The predicted molar refractivity (Wildman–Crippen MR) is 104 cm³/mol. The maximum absolute atomic E-state index is 12.5. The van der Waals surface area contributed by atoms with Gasteiger partial charge in [0, 0.05) is 6.07 Å². The van der Waals surface area contributed by atoms with E-state index in [0.29, 0.717) is 13.0 Å². The third-order valence-electron chi connectivity index (χ3n) is 5.02. The number of ketones is 1. The smallest absolute Gasteiger partial charge is 0.275 e. The number of carbonyl (C=O) groups excluding carboxylic acids is 2. The molecule has 1 atom stereocenters. The maximum Gasteiger partial charge on any atom is 0.275 e. The second kappa shape index (κ2) is 9.28. The minimum absolute atomic E-state index is 0.00774. The summed E-state index contributed by atoms with van der Waals surface area (Å²) < 4.78 is 0. The van der Waals surface area contributed by atoms with Crippen LogP contribution in [0.3, 0.4) is 0 Å². The average Bonchev–Trinajstić information content (AvgIpc) is 2.69. The van der Waals surface area contributed by atoms with E-state index >= 15 is 0 Å². The Kier molecular flexibility index (Phi) is 6.54. The van der Waals surface area contributed by atoms with Gasteiger partial charge in [-0.3, -0.25) is 14.5 Å². The highest BCUT2D eigenvalue weighted by Gasteiger charge is 2.28. The van der Waals surface area contributed by atoms with Gasteiger partial charge in [0.05, 0.1) is 12.2 Å². The Morgan fingerprint density at radius 2 is 1.81 bits per heavy atom. The number of aromatic amines is 1. The van der Waals surface area contributed by atoms with E-state index in [0.717, 1.165) is 37.6 Å². The molecular weight excluding hydrogens is 340 g/mol. The number of hydrogen-bond acceptors (Lipinski definition) is 3. The Morgan fingerprint density at radius 3 is 2.44 bits per heavy atom. The molecule has 1 aliphatic rings. The normalized spacial score (nSPS) is 16.0. The number of quaternary nitrogens is 1. The highest BCUT2D eigenvalue weighted by molar-refractivity contribution is 5.88. The number of amides is 1. The minimum atomic E-state index is -0.459. The molecule has 2 heterocycles. The number of aromatic nitrogens is 1. The molecule has 0 aliphatic carbocycles. The lowest BCUT2D eigenvalue weighted by Gasteiger charge is -2.28. The molecule has 1 amide bonds. The van der Waals surface area contributed by atoms with Crippen molar-refractivity contribution in [2.45, 2.75) is 19.4 Å². The molecule has 0 spiro atoms. The number of benzene rings is 1. The van der Waals surface area contributed by atoms with Gasteiger partial charge in [0.15, 0.2) is 12.3 Å². The predicted octanol–water partition coefficient (Wildman–Crippen LogP) is -0.478. The van der Waals surface area contributed by atoms with Gasteiger partial charge in [-0.2, -0.15) is 0 Å². The Morgan fingerprint density at radius 1 is 1.11 bits per heavy atom. The number of anilines is 1. The van der Waals surface area contributed by atoms with Crippen molar-refractivity contribution in [3.05, 3.63) is 60.3 Å². The minimum Gasteiger partial charge on any atom is -0.341 e. The second-order valence-corrected chi connectivity index (χ2v) is 7.08. The Bertz CT molecular complexity index is 743. The molecule has 2 aromatic rings. The molecule has 0 bridgehead atoms. The van der Waals surface area contributed by atoms with Crippen LogP contribution in [0.15, 0.2) is 54.7 Å². The fourth-order valence-electron chi connectivity index (χ4n) is 3.44. The first-order valence-electron chi connectivity index (χ1n) is 9.51. The van der Waals surface area contributed by atoms with E-state index < -0.39 is 6.04 Å². The Hall–Kier alpha value is -2.73. The second-order valence-electron chi connectivity index (χ2n) is 7.08. The lowest BCUT2D eigenvalue weighted by Crippen LogP contribution is -3.16. The van der Waals surface area contributed by atoms with Crippen LogP contribution in [0.25, 0.3) is 0 Å². The molecule has 1 saturated heterocycles. The number of H-pyrrole nitrogens is 1. The molecule has 1 aliphatic heterocycles. The van der Waals surface area contributed by atoms with Gasteiger partial charge in [-0.1, -0.05) is 36.4 Å². The first kappa shape index (κ1) is 19.0. The number of piperazine rings is 1. The van der Waals surface area contributed by atoms with Gasteiger partial charge < -0.3 is 10.2 Å². The number of carbonyl (C=O) groups is 2. The van der Waals surface area contributed by atoms with Gasteiger partial charge in [-0.25, -0.2) is 4.98 Å². The molecule has 0 radical (unpaired) electrons. The number of nitrogens with zero attached hydrogens (tertiary/aromatic N) is 1. The summed E-state index contributed by atoms with van der Waals surface area (Å²) in [6, 6.07) is 15.4. The van der Waals surface area contributed by atoms with Crippen LogP contribution in [0, 0.1) is 0 Å². The zero-order chi connectivity index (χ0) is 19.1. The Labute approximate surface area is 160 Å². The SMILES string of the molecule is CC(=O)[C@H](Cc1ccccc1)NC(=O)C[NH+]1CCN(c2cccc[nH+]2)CC1. The number of rotatable bonds is 7. The molecule has 27 heavy (non-hydrogen) atoms. The highest BCUT2D eigenvalue weighted by Crippen LogP contribution is 2.05. The van der Waals surface area contributed by atoms with Crippen molar-refractivity contribution >= 4 is 17.5 Å². The van der Waals surface area contributed by atoms with Crippen molar-refractivity contribution < 1.29 is 19.5 Å². The molecule has 1 aromatic heterocycles. The van der Waals surface area contributed by atoms with Gasteiger partial charge in [-0.05, 0) is 25.0 Å². The van der Waals surface area contributed by atoms with Crippen molar-refractivity contribution in [1.29, 1.82) is 0 Å². The van der Waals surface area contributed by atoms with Crippen LogP contribution in [0.1, 0.15) is 12.5 Å². The first-order valence-corrected chi connectivity index (χ1v) is 9.51. The Balaban J connectivity index is 1.48. The monoisotopic (exact) mass is 368 g/mol. The molecule has 3 rings (SSSR count). The number of nitrogens with one attached hydrogen (secondary N) is 3. The average molecular weight is 368 g/mol. The van der Waals surface area contributed by atoms with Crippen LogP contribution >= 0.6 is 0 Å². The van der Waals surface area contributed by atoms with Crippen LogP contribution in [0.2, 0.25) is 0 Å². The van der Waals surface area contributed by atoms with Crippen LogP contribution in [0.4, 0.5) is 5.82 Å². The fraction of sp³-hybridized carbons (Fsp3) is 0.381. The zero-order valence-electron chi connectivity index (χ0n) is 15.8. The summed E-state index contributed by atoms with van der Waals surface area (Å²) in [5.41, 5.74) is 1.05. The topological polar surface area (TPSA) is 68.0 Å². The van der Waals surface area contributed by atoms with E-state index in [2.05, 4.69) is 21.3 Å². The van der Waals surface area contributed by atoms with Crippen LogP contribution in [-0.4, -0.2) is 50.5 Å². The lowest BCUT2D eigenvalue weighted by atomic mass is 10.0. The lowest BCUT2D eigenvalue weighted by molar-refractivity contribution is -0.892. The maximum atomic E-state index is 12.5. The van der Waals surface area contributed by atoms with Crippen molar-refractivity contribution in [3.8, 4) is 0 Å². The fourth-order valence-corrected chi connectivity index (χ4v) is 3.44. The third-order valence-corrected chi connectivity index (χ3v) is 5.02. The standard InChI is InChI=1S/C21H26N4O2/c1-17(26)19(15-18-7-3-2-4-8-18)23-21(27)16-24-11-13-25(14-12-24)20-9-5-6-10-22-20/h2-10,19H,11-16H2,1H3,(H,23,27)/p+2/t19-/m0/s1. The van der Waals surface area contributed by atoms with E-state index in [1.807, 2.05) is 48.7 Å². The molecular formula is C21H28N4O2+2. The quantitative estimate of drug-likeness (QED) is 0.694. The summed E-state index contributed by atoms with van der Waals surface area (Å²) in [6.45, 7) is 5.56. The van der Waals surface area contributed by atoms with Crippen molar-refractivity contribution in [1.82, 2.24) is 5.32 Å². The van der Waals surface area contributed by atoms with Crippen molar-refractivity contribution in [3.63, 3.8) is 0 Å². The van der Waals surface area contributed by atoms with Gasteiger partial charge in [0.1, 0.15) is 26.2 Å². The molecule has 6 nitrogen and oxygen atoms in total. The van der Waals surface area contributed by atoms with Crippen molar-refractivity contribution in [2.24, 2.45) is 0 Å². The summed E-state index contributed by atoms with van der Waals surface area (Å²) in [7, 11) is 0. The number of pyridine rings is 1.